The molecule has 110 valence electrons. The SMILES string of the molecule is CN(CC1CCCO1)C(=O)NCc1nc(C(=O)O)cs1. The van der Waals surface area contributed by atoms with Crippen molar-refractivity contribution in [2.45, 2.75) is 25.5 Å². The number of carbonyl (C=O) groups is 2. The van der Waals surface area contributed by atoms with Crippen molar-refractivity contribution in [3.8, 4) is 0 Å². The van der Waals surface area contributed by atoms with Crippen LogP contribution in [-0.4, -0.2) is 53.3 Å². The number of carbonyl (C=O) groups excluding carboxylic acids is 1. The average Bonchev–Trinajstić information content (AvgIpc) is 3.06. The fourth-order valence-electron chi connectivity index (χ4n) is 1.95. The molecule has 0 spiro atoms. The Hall–Kier alpha value is -1.67. The number of aromatic carboxylic acids is 1. The molecule has 1 saturated heterocycles. The Bertz CT molecular complexity index is 485. The third kappa shape index (κ3) is 3.91. The summed E-state index contributed by atoms with van der Waals surface area (Å²) in [6.45, 7) is 1.55. The summed E-state index contributed by atoms with van der Waals surface area (Å²) in [5.74, 6) is -1.06. The van der Waals surface area contributed by atoms with E-state index < -0.39 is 5.97 Å². The molecule has 2 rings (SSSR count). The molecule has 1 aromatic heterocycles. The van der Waals surface area contributed by atoms with Crippen molar-refractivity contribution in [3.63, 3.8) is 0 Å². The molecule has 0 bridgehead atoms. The minimum Gasteiger partial charge on any atom is -0.476 e. The van der Waals surface area contributed by atoms with E-state index >= 15 is 0 Å². The van der Waals surface area contributed by atoms with E-state index in [2.05, 4.69) is 10.3 Å². The Balaban J connectivity index is 1.76. The van der Waals surface area contributed by atoms with E-state index in [1.54, 1.807) is 11.9 Å². The quantitative estimate of drug-likeness (QED) is 0.851. The number of nitrogens with one attached hydrogen (secondary N) is 1. The van der Waals surface area contributed by atoms with E-state index in [0.29, 0.717) is 11.6 Å². The Morgan fingerprint density at radius 2 is 2.45 bits per heavy atom. The molecular weight excluding hydrogens is 282 g/mol. The van der Waals surface area contributed by atoms with E-state index in [4.69, 9.17) is 9.84 Å². The van der Waals surface area contributed by atoms with Crippen LogP contribution in [0.25, 0.3) is 0 Å². The number of thiazole rings is 1. The maximum Gasteiger partial charge on any atom is 0.355 e. The van der Waals surface area contributed by atoms with Gasteiger partial charge in [-0.3, -0.25) is 0 Å². The largest absolute Gasteiger partial charge is 0.476 e. The van der Waals surface area contributed by atoms with Crippen LogP contribution in [-0.2, 0) is 11.3 Å². The number of carboxylic acids is 1. The Morgan fingerprint density at radius 1 is 1.65 bits per heavy atom. The van der Waals surface area contributed by atoms with Crippen LogP contribution in [0.2, 0.25) is 0 Å². The van der Waals surface area contributed by atoms with Gasteiger partial charge in [-0.1, -0.05) is 0 Å². The Morgan fingerprint density at radius 3 is 3.05 bits per heavy atom. The smallest absolute Gasteiger partial charge is 0.355 e. The summed E-state index contributed by atoms with van der Waals surface area (Å²) in [5, 5.41) is 13.5. The second-order valence-corrected chi connectivity index (χ2v) is 5.55. The first-order valence-electron chi connectivity index (χ1n) is 6.34. The molecule has 1 fully saturated rings. The first kappa shape index (κ1) is 14.7. The predicted octanol–water partition coefficient (Wildman–Crippen LogP) is 1.16. The molecule has 0 saturated carbocycles. The third-order valence-corrected chi connectivity index (χ3v) is 3.86. The van der Waals surface area contributed by atoms with E-state index in [-0.39, 0.29) is 24.4 Å². The van der Waals surface area contributed by atoms with Crippen LogP contribution >= 0.6 is 11.3 Å². The molecule has 2 heterocycles. The minimum atomic E-state index is -1.06. The third-order valence-electron chi connectivity index (χ3n) is 3.01. The number of aromatic nitrogens is 1. The maximum atomic E-state index is 11.9. The molecule has 20 heavy (non-hydrogen) atoms. The molecule has 1 atom stereocenters. The number of urea groups is 1. The minimum absolute atomic E-state index is 0.00644. The zero-order valence-electron chi connectivity index (χ0n) is 11.2. The lowest BCUT2D eigenvalue weighted by Gasteiger charge is -2.20. The van der Waals surface area contributed by atoms with Gasteiger partial charge in [0.1, 0.15) is 5.01 Å². The van der Waals surface area contributed by atoms with Crippen molar-refractivity contribution >= 4 is 23.3 Å². The molecule has 1 aromatic rings. The van der Waals surface area contributed by atoms with Gasteiger partial charge in [-0.2, -0.15) is 0 Å². The maximum absolute atomic E-state index is 11.9. The summed E-state index contributed by atoms with van der Waals surface area (Å²) >= 11 is 1.21. The van der Waals surface area contributed by atoms with E-state index in [1.807, 2.05) is 0 Å². The fourth-order valence-corrected chi connectivity index (χ4v) is 2.66. The molecule has 7 nitrogen and oxygen atoms in total. The normalized spacial score (nSPS) is 17.9. The van der Waals surface area contributed by atoms with Gasteiger partial charge in [0.25, 0.3) is 0 Å². The second-order valence-electron chi connectivity index (χ2n) is 4.61. The topological polar surface area (TPSA) is 91.8 Å². The molecule has 1 aliphatic heterocycles. The van der Waals surface area contributed by atoms with E-state index in [9.17, 15) is 9.59 Å². The summed E-state index contributed by atoms with van der Waals surface area (Å²) in [6, 6.07) is -0.215. The van der Waals surface area contributed by atoms with E-state index in [1.165, 1.54) is 16.7 Å². The highest BCUT2D eigenvalue weighted by Gasteiger charge is 2.20. The average molecular weight is 299 g/mol. The van der Waals surface area contributed by atoms with Gasteiger partial charge in [0, 0.05) is 25.6 Å². The van der Waals surface area contributed by atoms with Crippen LogP contribution in [0.3, 0.4) is 0 Å². The van der Waals surface area contributed by atoms with Gasteiger partial charge in [-0.05, 0) is 12.8 Å². The molecule has 1 aliphatic rings. The van der Waals surface area contributed by atoms with Crippen LogP contribution < -0.4 is 5.32 Å². The predicted molar refractivity (Wildman–Crippen MR) is 72.9 cm³/mol. The van der Waals surface area contributed by atoms with Crippen molar-refractivity contribution in [2.75, 3.05) is 20.2 Å². The van der Waals surface area contributed by atoms with Crippen molar-refractivity contribution in [1.29, 1.82) is 0 Å². The van der Waals surface area contributed by atoms with Crippen LogP contribution in [0.4, 0.5) is 4.79 Å². The lowest BCUT2D eigenvalue weighted by Crippen LogP contribution is -2.40. The van der Waals surface area contributed by atoms with Crippen LogP contribution in [0.5, 0.6) is 0 Å². The fraction of sp³-hybridized carbons (Fsp3) is 0.583. The number of likely N-dealkylation sites (N-methyl/N-ethyl adjacent to an activating group) is 1. The number of rotatable bonds is 5. The molecule has 1 unspecified atom stereocenters. The van der Waals surface area contributed by atoms with Crippen molar-refractivity contribution in [3.05, 3.63) is 16.1 Å². The van der Waals surface area contributed by atoms with Gasteiger partial charge in [-0.25, -0.2) is 14.6 Å². The summed E-state index contributed by atoms with van der Waals surface area (Å²) in [4.78, 5) is 28.0. The summed E-state index contributed by atoms with van der Waals surface area (Å²) < 4.78 is 5.47. The number of ether oxygens (including phenoxy) is 1. The monoisotopic (exact) mass is 299 g/mol. The van der Waals surface area contributed by atoms with Crippen molar-refractivity contribution < 1.29 is 19.4 Å². The van der Waals surface area contributed by atoms with Crippen LogP contribution in [0.15, 0.2) is 5.38 Å². The first-order valence-corrected chi connectivity index (χ1v) is 7.22. The van der Waals surface area contributed by atoms with Gasteiger partial charge in [0.05, 0.1) is 12.6 Å². The number of carboxylic acid groups (broad SMARTS) is 1. The highest BCUT2D eigenvalue weighted by molar-refractivity contribution is 7.09. The van der Waals surface area contributed by atoms with Crippen LogP contribution in [0.1, 0.15) is 28.3 Å². The molecule has 0 aromatic carbocycles. The van der Waals surface area contributed by atoms with Gasteiger partial charge in [0.15, 0.2) is 5.69 Å². The van der Waals surface area contributed by atoms with Crippen molar-refractivity contribution in [2.24, 2.45) is 0 Å². The summed E-state index contributed by atoms with van der Waals surface area (Å²) in [7, 11) is 1.71. The summed E-state index contributed by atoms with van der Waals surface area (Å²) in [5.41, 5.74) is 0.00644. The second kappa shape index (κ2) is 6.67. The standard InChI is InChI=1S/C12H17N3O4S/c1-15(6-8-3-2-4-19-8)12(18)13-5-10-14-9(7-20-10)11(16)17/h7-8H,2-6H2,1H3,(H,13,18)(H,16,17). The lowest BCUT2D eigenvalue weighted by atomic mass is 10.2. The number of hydrogen-bond donors (Lipinski definition) is 2. The molecule has 0 aliphatic carbocycles. The number of hydrogen-bond acceptors (Lipinski definition) is 5. The van der Waals surface area contributed by atoms with Gasteiger partial charge < -0.3 is 20.1 Å². The van der Waals surface area contributed by atoms with E-state index in [0.717, 1.165) is 19.4 Å². The lowest BCUT2D eigenvalue weighted by molar-refractivity contribution is 0.0691. The van der Waals surface area contributed by atoms with Gasteiger partial charge in [0.2, 0.25) is 0 Å². The molecular formula is C12H17N3O4S. The van der Waals surface area contributed by atoms with Gasteiger partial charge >= 0.3 is 12.0 Å². The number of amides is 2. The molecule has 0 radical (unpaired) electrons. The Labute approximate surface area is 120 Å². The molecule has 2 N–H and O–H groups in total. The summed E-state index contributed by atoms with van der Waals surface area (Å²) in [6.07, 6.45) is 2.13. The highest BCUT2D eigenvalue weighted by atomic mass is 32.1. The zero-order valence-corrected chi connectivity index (χ0v) is 12.0. The molecule has 8 heteroatoms. The highest BCUT2D eigenvalue weighted by Crippen LogP contribution is 2.13. The van der Waals surface area contributed by atoms with Crippen molar-refractivity contribution in [1.82, 2.24) is 15.2 Å². The number of nitrogens with zero attached hydrogens (tertiary/aromatic N) is 2. The Kier molecular flexibility index (Phi) is 4.91. The van der Waals surface area contributed by atoms with Gasteiger partial charge in [-0.15, -0.1) is 11.3 Å². The molecule has 2 amide bonds. The first-order chi connectivity index (χ1) is 9.56. The zero-order chi connectivity index (χ0) is 14.5. The van der Waals surface area contributed by atoms with Crippen LogP contribution in [0, 0.1) is 0 Å².